The summed E-state index contributed by atoms with van der Waals surface area (Å²) >= 11 is 1.23. The number of amides is 2. The maximum Gasteiger partial charge on any atom is 0.249 e. The van der Waals surface area contributed by atoms with E-state index in [1.807, 2.05) is 0 Å². The van der Waals surface area contributed by atoms with E-state index < -0.39 is 6.04 Å². The first-order chi connectivity index (χ1) is 13.6. The number of aromatic nitrogens is 2. The lowest BCUT2D eigenvalue weighted by molar-refractivity contribution is -0.136. The zero-order chi connectivity index (χ0) is 19.9. The van der Waals surface area contributed by atoms with Crippen molar-refractivity contribution in [2.45, 2.75) is 57.9 Å². The van der Waals surface area contributed by atoms with Crippen molar-refractivity contribution in [1.82, 2.24) is 15.1 Å². The van der Waals surface area contributed by atoms with Crippen molar-refractivity contribution in [2.75, 3.05) is 11.9 Å². The van der Waals surface area contributed by atoms with Crippen molar-refractivity contribution in [3.8, 4) is 10.6 Å². The fourth-order valence-corrected chi connectivity index (χ4v) is 4.11. The largest absolute Gasteiger partial charge is 0.331 e. The quantitative estimate of drug-likeness (QED) is 0.668. The van der Waals surface area contributed by atoms with Gasteiger partial charge in [-0.05, 0) is 43.5 Å². The van der Waals surface area contributed by atoms with Gasteiger partial charge in [0.25, 0.3) is 0 Å². The second-order valence-corrected chi connectivity index (χ2v) is 7.94. The van der Waals surface area contributed by atoms with Gasteiger partial charge in [-0.3, -0.25) is 14.9 Å². The van der Waals surface area contributed by atoms with Crippen molar-refractivity contribution < 1.29 is 14.0 Å². The summed E-state index contributed by atoms with van der Waals surface area (Å²) in [5.74, 6) is -0.485. The Morgan fingerprint density at radius 1 is 1.21 bits per heavy atom. The zero-order valence-corrected chi connectivity index (χ0v) is 16.8. The monoisotopic (exact) mass is 404 g/mol. The first kappa shape index (κ1) is 20.4. The summed E-state index contributed by atoms with van der Waals surface area (Å²) in [5.41, 5.74) is 0.740. The number of carbonyl (C=O) groups is 2. The summed E-state index contributed by atoms with van der Waals surface area (Å²) < 4.78 is 13.0. The van der Waals surface area contributed by atoms with Crippen LogP contribution in [0, 0.1) is 5.82 Å². The summed E-state index contributed by atoms with van der Waals surface area (Å²) in [4.78, 5) is 26.9. The Kier molecular flexibility index (Phi) is 7.08. The molecule has 0 radical (unpaired) electrons. The lowest BCUT2D eigenvalue weighted by Crippen LogP contribution is -2.43. The van der Waals surface area contributed by atoms with Crippen LogP contribution in [0.25, 0.3) is 10.6 Å². The maximum atomic E-state index is 13.0. The van der Waals surface area contributed by atoms with Crippen LogP contribution in [0.4, 0.5) is 9.52 Å². The molecule has 0 spiro atoms. The Bertz CT molecular complexity index is 809. The van der Waals surface area contributed by atoms with Crippen LogP contribution >= 0.6 is 11.3 Å². The fraction of sp³-hybridized carbons (Fsp3) is 0.500. The van der Waals surface area contributed by atoms with Crippen molar-refractivity contribution in [1.29, 1.82) is 0 Å². The van der Waals surface area contributed by atoms with E-state index in [9.17, 15) is 14.0 Å². The predicted molar refractivity (Wildman–Crippen MR) is 107 cm³/mol. The molecule has 1 unspecified atom stereocenters. The van der Waals surface area contributed by atoms with Gasteiger partial charge in [0.05, 0.1) is 0 Å². The molecule has 1 aliphatic rings. The molecule has 1 saturated heterocycles. The molecular weight excluding hydrogens is 379 g/mol. The number of rotatable bonds is 8. The van der Waals surface area contributed by atoms with Gasteiger partial charge in [-0.25, -0.2) is 4.39 Å². The van der Waals surface area contributed by atoms with Crippen molar-refractivity contribution >= 4 is 28.3 Å². The molecule has 6 nitrogen and oxygen atoms in total. The van der Waals surface area contributed by atoms with Gasteiger partial charge in [-0.2, -0.15) is 0 Å². The summed E-state index contributed by atoms with van der Waals surface area (Å²) in [6.07, 6.45) is 6.16. The van der Waals surface area contributed by atoms with E-state index in [2.05, 4.69) is 22.4 Å². The summed E-state index contributed by atoms with van der Waals surface area (Å²) in [6.45, 7) is 2.76. The molecule has 1 N–H and O–H groups in total. The van der Waals surface area contributed by atoms with Crippen molar-refractivity contribution in [3.63, 3.8) is 0 Å². The molecule has 2 heterocycles. The van der Waals surface area contributed by atoms with Gasteiger partial charge in [0.2, 0.25) is 16.9 Å². The molecule has 0 bridgehead atoms. The third-order valence-electron chi connectivity index (χ3n) is 4.87. The van der Waals surface area contributed by atoms with Crippen LogP contribution in [0.5, 0.6) is 0 Å². The van der Waals surface area contributed by atoms with E-state index in [1.54, 1.807) is 17.0 Å². The standard InChI is InChI=1S/C20H25FN4O2S/c1-2-3-4-5-8-17(26)25-13-6-7-16(25)18(27)22-20-24-23-19(28-20)14-9-11-15(21)12-10-14/h9-12,16H,2-8,13H2,1H3,(H,22,24,27). The molecule has 28 heavy (non-hydrogen) atoms. The number of nitrogens with zero attached hydrogens (tertiary/aromatic N) is 3. The van der Waals surface area contributed by atoms with Crippen LogP contribution in [-0.4, -0.2) is 39.5 Å². The van der Waals surface area contributed by atoms with Gasteiger partial charge in [0.1, 0.15) is 16.9 Å². The van der Waals surface area contributed by atoms with E-state index in [4.69, 9.17) is 0 Å². The highest BCUT2D eigenvalue weighted by Gasteiger charge is 2.34. The molecule has 1 aromatic carbocycles. The number of hydrogen-bond acceptors (Lipinski definition) is 5. The van der Waals surface area contributed by atoms with Crippen LogP contribution in [-0.2, 0) is 9.59 Å². The molecule has 1 aliphatic heterocycles. The van der Waals surface area contributed by atoms with Crippen molar-refractivity contribution in [3.05, 3.63) is 30.1 Å². The smallest absolute Gasteiger partial charge is 0.249 e. The van der Waals surface area contributed by atoms with E-state index >= 15 is 0 Å². The third-order valence-corrected chi connectivity index (χ3v) is 5.75. The number of anilines is 1. The van der Waals surface area contributed by atoms with E-state index in [1.165, 1.54) is 23.5 Å². The third kappa shape index (κ3) is 5.13. The molecule has 1 atom stereocenters. The predicted octanol–water partition coefficient (Wildman–Crippen LogP) is 4.24. The number of carbonyl (C=O) groups excluding carboxylic acids is 2. The Labute approximate surface area is 168 Å². The van der Waals surface area contributed by atoms with E-state index in [0.29, 0.717) is 29.5 Å². The Morgan fingerprint density at radius 2 is 2.00 bits per heavy atom. The van der Waals surface area contributed by atoms with Gasteiger partial charge in [-0.15, -0.1) is 10.2 Å². The second-order valence-electron chi connectivity index (χ2n) is 6.96. The van der Waals surface area contributed by atoms with E-state index in [-0.39, 0.29) is 17.6 Å². The second kappa shape index (κ2) is 9.73. The highest BCUT2D eigenvalue weighted by molar-refractivity contribution is 7.18. The molecule has 0 aliphatic carbocycles. The minimum Gasteiger partial charge on any atom is -0.331 e. The lowest BCUT2D eigenvalue weighted by Gasteiger charge is -2.23. The summed E-state index contributed by atoms with van der Waals surface area (Å²) in [5, 5.41) is 11.8. The number of likely N-dealkylation sites (tertiary alicyclic amines) is 1. The summed E-state index contributed by atoms with van der Waals surface area (Å²) in [6, 6.07) is 5.51. The van der Waals surface area contributed by atoms with Gasteiger partial charge >= 0.3 is 0 Å². The molecule has 2 amide bonds. The van der Waals surface area contributed by atoms with Crippen LogP contribution in [0.1, 0.15) is 51.9 Å². The molecule has 8 heteroatoms. The van der Waals surface area contributed by atoms with Crippen LogP contribution in [0.2, 0.25) is 0 Å². The van der Waals surface area contributed by atoms with Crippen molar-refractivity contribution in [2.24, 2.45) is 0 Å². The van der Waals surface area contributed by atoms with Gasteiger partial charge in [0.15, 0.2) is 0 Å². The molecule has 0 saturated carbocycles. The minimum atomic E-state index is -0.447. The lowest BCUT2D eigenvalue weighted by atomic mass is 10.1. The number of hydrogen-bond donors (Lipinski definition) is 1. The average Bonchev–Trinajstić information content (AvgIpc) is 3.35. The molecular formula is C20H25FN4O2S. The minimum absolute atomic E-state index is 0.0537. The van der Waals surface area contributed by atoms with E-state index in [0.717, 1.165) is 37.7 Å². The average molecular weight is 405 g/mol. The van der Waals surface area contributed by atoms with Gasteiger partial charge in [-0.1, -0.05) is 37.5 Å². The van der Waals surface area contributed by atoms with Crippen LogP contribution in [0.15, 0.2) is 24.3 Å². The normalized spacial score (nSPS) is 16.4. The summed E-state index contributed by atoms with van der Waals surface area (Å²) in [7, 11) is 0. The zero-order valence-electron chi connectivity index (χ0n) is 16.0. The number of unbranched alkanes of at least 4 members (excludes halogenated alkanes) is 3. The Balaban J connectivity index is 1.57. The Morgan fingerprint density at radius 3 is 2.75 bits per heavy atom. The van der Waals surface area contributed by atoms with Crippen LogP contribution in [0.3, 0.4) is 0 Å². The number of benzene rings is 1. The highest BCUT2D eigenvalue weighted by atomic mass is 32.1. The van der Waals surface area contributed by atoms with Gasteiger partial charge in [0, 0.05) is 18.5 Å². The van der Waals surface area contributed by atoms with Crippen LogP contribution < -0.4 is 5.32 Å². The number of halogens is 1. The molecule has 2 aromatic rings. The molecule has 1 fully saturated rings. The number of nitrogens with one attached hydrogen (secondary N) is 1. The first-order valence-corrected chi connectivity index (χ1v) is 10.6. The highest BCUT2D eigenvalue weighted by Crippen LogP contribution is 2.27. The topological polar surface area (TPSA) is 75.2 Å². The molecule has 3 rings (SSSR count). The first-order valence-electron chi connectivity index (χ1n) is 9.78. The molecule has 1 aromatic heterocycles. The SMILES string of the molecule is CCCCCCC(=O)N1CCCC1C(=O)Nc1nnc(-c2ccc(F)cc2)s1. The maximum absolute atomic E-state index is 13.0. The fourth-order valence-electron chi connectivity index (χ4n) is 3.36. The van der Waals surface area contributed by atoms with Gasteiger partial charge < -0.3 is 4.90 Å². The molecule has 150 valence electrons. The Hall–Kier alpha value is -2.35.